The quantitative estimate of drug-likeness (QED) is 0.868. The summed E-state index contributed by atoms with van der Waals surface area (Å²) in [6.07, 6.45) is 2.44. The molecular formula is C15H26N2OS. The molecule has 1 aromatic rings. The van der Waals surface area contributed by atoms with Gasteiger partial charge in [0.05, 0.1) is 0 Å². The summed E-state index contributed by atoms with van der Waals surface area (Å²) in [5.74, 6) is 0.814. The van der Waals surface area contributed by atoms with E-state index in [1.165, 1.54) is 34.7 Å². The Morgan fingerprint density at radius 1 is 1.42 bits per heavy atom. The Bertz CT molecular complexity index is 385. The van der Waals surface area contributed by atoms with Gasteiger partial charge in [-0.3, -0.25) is 0 Å². The highest BCUT2D eigenvalue weighted by Crippen LogP contribution is 2.23. The molecule has 0 amide bonds. The van der Waals surface area contributed by atoms with Crippen molar-refractivity contribution in [1.82, 2.24) is 10.2 Å². The lowest BCUT2D eigenvalue weighted by Crippen LogP contribution is -2.29. The number of rotatable bonds is 6. The minimum atomic E-state index is 0.814. The van der Waals surface area contributed by atoms with Gasteiger partial charge in [0.2, 0.25) is 0 Å². The van der Waals surface area contributed by atoms with Crippen LogP contribution in [0.25, 0.3) is 0 Å². The molecule has 3 nitrogen and oxygen atoms in total. The molecule has 0 aliphatic carbocycles. The standard InChI is InChI=1S/C15H26N2OS/c1-12-14(8-15(19-12)9-16-2)11-17(3)10-13-4-6-18-7-5-13/h8,13,16H,4-7,9-11H2,1-3H3. The third-order valence-electron chi connectivity index (χ3n) is 3.77. The number of hydrogen-bond acceptors (Lipinski definition) is 4. The van der Waals surface area contributed by atoms with E-state index in [9.17, 15) is 0 Å². The topological polar surface area (TPSA) is 24.5 Å². The lowest BCUT2D eigenvalue weighted by atomic mass is 10.00. The lowest BCUT2D eigenvalue weighted by Gasteiger charge is -2.27. The van der Waals surface area contributed by atoms with Gasteiger partial charge in [-0.15, -0.1) is 11.3 Å². The van der Waals surface area contributed by atoms with Gasteiger partial charge in [0.25, 0.3) is 0 Å². The molecule has 1 aliphatic heterocycles. The van der Waals surface area contributed by atoms with Crippen molar-refractivity contribution in [2.24, 2.45) is 5.92 Å². The summed E-state index contributed by atoms with van der Waals surface area (Å²) in [4.78, 5) is 5.37. The van der Waals surface area contributed by atoms with E-state index in [1.807, 2.05) is 18.4 Å². The maximum absolute atomic E-state index is 5.43. The minimum absolute atomic E-state index is 0.814. The normalized spacial score (nSPS) is 17.3. The molecule has 1 N–H and O–H groups in total. The van der Waals surface area contributed by atoms with Gasteiger partial charge in [-0.2, -0.15) is 0 Å². The first kappa shape index (κ1) is 15.0. The van der Waals surface area contributed by atoms with Crippen molar-refractivity contribution in [1.29, 1.82) is 0 Å². The zero-order valence-electron chi connectivity index (χ0n) is 12.4. The number of thiophene rings is 1. The molecule has 0 aromatic carbocycles. The molecule has 1 aliphatic rings. The monoisotopic (exact) mass is 282 g/mol. The van der Waals surface area contributed by atoms with Gasteiger partial charge < -0.3 is 15.0 Å². The highest BCUT2D eigenvalue weighted by Gasteiger charge is 2.16. The first-order chi connectivity index (χ1) is 9.19. The summed E-state index contributed by atoms with van der Waals surface area (Å²) in [5.41, 5.74) is 1.49. The first-order valence-electron chi connectivity index (χ1n) is 7.18. The molecule has 2 rings (SSSR count). The van der Waals surface area contributed by atoms with Crippen LogP contribution in [0, 0.1) is 12.8 Å². The molecule has 0 unspecified atom stereocenters. The van der Waals surface area contributed by atoms with E-state index in [2.05, 4.69) is 30.3 Å². The fourth-order valence-electron chi connectivity index (χ4n) is 2.73. The van der Waals surface area contributed by atoms with E-state index in [0.29, 0.717) is 0 Å². The molecule has 1 fully saturated rings. The Morgan fingerprint density at radius 2 is 2.16 bits per heavy atom. The van der Waals surface area contributed by atoms with Gasteiger partial charge >= 0.3 is 0 Å². The third-order valence-corrected chi connectivity index (χ3v) is 4.87. The van der Waals surface area contributed by atoms with Crippen LogP contribution in [0.3, 0.4) is 0 Å². The summed E-state index contributed by atoms with van der Waals surface area (Å²) in [6, 6.07) is 2.36. The van der Waals surface area contributed by atoms with Crippen molar-refractivity contribution in [2.75, 3.05) is 33.9 Å². The van der Waals surface area contributed by atoms with Crippen molar-refractivity contribution in [3.05, 3.63) is 21.4 Å². The van der Waals surface area contributed by atoms with Gasteiger partial charge in [0, 0.05) is 42.6 Å². The van der Waals surface area contributed by atoms with Crippen molar-refractivity contribution in [3.63, 3.8) is 0 Å². The summed E-state index contributed by atoms with van der Waals surface area (Å²) in [7, 11) is 4.25. The van der Waals surface area contributed by atoms with Crippen molar-refractivity contribution in [3.8, 4) is 0 Å². The molecular weight excluding hydrogens is 256 g/mol. The fraction of sp³-hybridized carbons (Fsp3) is 0.733. The Hall–Kier alpha value is -0.420. The van der Waals surface area contributed by atoms with E-state index in [-0.39, 0.29) is 0 Å². The predicted molar refractivity (Wildman–Crippen MR) is 81.7 cm³/mol. The van der Waals surface area contributed by atoms with Crippen LogP contribution in [0.1, 0.15) is 28.2 Å². The average Bonchev–Trinajstić information content (AvgIpc) is 2.71. The van der Waals surface area contributed by atoms with Crippen LogP contribution >= 0.6 is 11.3 Å². The van der Waals surface area contributed by atoms with Crippen molar-refractivity contribution < 1.29 is 4.74 Å². The van der Waals surface area contributed by atoms with E-state index < -0.39 is 0 Å². The maximum Gasteiger partial charge on any atom is 0.0469 e. The maximum atomic E-state index is 5.43. The Balaban J connectivity index is 1.85. The van der Waals surface area contributed by atoms with Crippen LogP contribution in [-0.2, 0) is 17.8 Å². The number of nitrogens with one attached hydrogen (secondary N) is 1. The fourth-order valence-corrected chi connectivity index (χ4v) is 3.80. The van der Waals surface area contributed by atoms with E-state index in [1.54, 1.807) is 0 Å². The molecule has 1 aromatic heterocycles. The predicted octanol–water partition coefficient (Wildman–Crippen LogP) is 2.63. The highest BCUT2D eigenvalue weighted by molar-refractivity contribution is 7.12. The van der Waals surface area contributed by atoms with Crippen molar-refractivity contribution in [2.45, 2.75) is 32.9 Å². The highest BCUT2D eigenvalue weighted by atomic mass is 32.1. The van der Waals surface area contributed by atoms with Crippen molar-refractivity contribution >= 4 is 11.3 Å². The number of ether oxygens (including phenoxy) is 1. The minimum Gasteiger partial charge on any atom is -0.381 e. The second-order valence-electron chi connectivity index (χ2n) is 5.58. The largest absolute Gasteiger partial charge is 0.381 e. The van der Waals surface area contributed by atoms with Gasteiger partial charge in [-0.25, -0.2) is 0 Å². The molecule has 0 atom stereocenters. The van der Waals surface area contributed by atoms with Gasteiger partial charge in [0.15, 0.2) is 0 Å². The summed E-state index contributed by atoms with van der Waals surface area (Å²) in [6.45, 7) is 7.38. The smallest absolute Gasteiger partial charge is 0.0469 e. The Labute approximate surface area is 121 Å². The van der Waals surface area contributed by atoms with Gasteiger partial charge in [-0.05, 0) is 51.4 Å². The van der Waals surface area contributed by atoms with E-state index in [4.69, 9.17) is 4.74 Å². The van der Waals surface area contributed by atoms with Crippen LogP contribution in [0.4, 0.5) is 0 Å². The lowest BCUT2D eigenvalue weighted by molar-refractivity contribution is 0.0549. The van der Waals surface area contributed by atoms with Crippen LogP contribution < -0.4 is 5.32 Å². The zero-order chi connectivity index (χ0) is 13.7. The molecule has 19 heavy (non-hydrogen) atoms. The molecule has 0 saturated carbocycles. The number of aryl methyl sites for hydroxylation is 1. The molecule has 0 radical (unpaired) electrons. The Morgan fingerprint density at radius 3 is 2.84 bits per heavy atom. The summed E-state index contributed by atoms with van der Waals surface area (Å²) in [5, 5.41) is 3.23. The van der Waals surface area contributed by atoms with Gasteiger partial charge in [0.1, 0.15) is 0 Å². The SMILES string of the molecule is CNCc1cc(CN(C)CC2CCOCC2)c(C)s1. The van der Waals surface area contributed by atoms with E-state index in [0.717, 1.165) is 32.2 Å². The van der Waals surface area contributed by atoms with Crippen LogP contribution in [-0.4, -0.2) is 38.8 Å². The second-order valence-corrected chi connectivity index (χ2v) is 6.92. The summed E-state index contributed by atoms with van der Waals surface area (Å²) < 4.78 is 5.43. The summed E-state index contributed by atoms with van der Waals surface area (Å²) >= 11 is 1.92. The molecule has 0 bridgehead atoms. The molecule has 0 spiro atoms. The van der Waals surface area contributed by atoms with Crippen LogP contribution in [0.2, 0.25) is 0 Å². The average molecular weight is 282 g/mol. The van der Waals surface area contributed by atoms with E-state index >= 15 is 0 Å². The molecule has 2 heterocycles. The zero-order valence-corrected chi connectivity index (χ0v) is 13.2. The third kappa shape index (κ3) is 4.56. The number of hydrogen-bond donors (Lipinski definition) is 1. The molecule has 4 heteroatoms. The van der Waals surface area contributed by atoms with Crippen LogP contribution in [0.5, 0.6) is 0 Å². The second kappa shape index (κ2) is 7.39. The van der Waals surface area contributed by atoms with Gasteiger partial charge in [-0.1, -0.05) is 0 Å². The molecule has 1 saturated heterocycles. The first-order valence-corrected chi connectivity index (χ1v) is 7.99. The number of nitrogens with zero attached hydrogens (tertiary/aromatic N) is 1. The molecule has 108 valence electrons. The Kier molecular flexibility index (Phi) is 5.82. The van der Waals surface area contributed by atoms with Crippen LogP contribution in [0.15, 0.2) is 6.07 Å².